The molecule has 2 aromatic heterocycles. The summed E-state index contributed by atoms with van der Waals surface area (Å²) < 4.78 is 4.77. The van der Waals surface area contributed by atoms with Crippen LogP contribution in [-0.2, 0) is 0 Å². The Morgan fingerprint density at radius 2 is 0.882 bits per heavy atom. The highest BCUT2D eigenvalue weighted by Crippen LogP contribution is 2.40. The van der Waals surface area contributed by atoms with Gasteiger partial charge in [0, 0.05) is 38.5 Å². The van der Waals surface area contributed by atoms with Crippen molar-refractivity contribution in [1.82, 2.24) is 9.13 Å². The van der Waals surface area contributed by atoms with Crippen LogP contribution in [0.5, 0.6) is 0 Å². The van der Waals surface area contributed by atoms with Crippen molar-refractivity contribution in [1.29, 1.82) is 0 Å². The van der Waals surface area contributed by atoms with Gasteiger partial charge in [-0.1, -0.05) is 77.7 Å². The van der Waals surface area contributed by atoms with Crippen molar-refractivity contribution in [2.75, 3.05) is 0 Å². The van der Waals surface area contributed by atoms with E-state index in [2.05, 4.69) is 188 Å². The van der Waals surface area contributed by atoms with Crippen LogP contribution in [0.4, 0.5) is 0 Å². The third kappa shape index (κ3) is 5.05. The standard InChI is InChI=1S/C49H38N2/c1-6-9-35-15-21-39(22-16-35)51-47-23-14-32(3)26-43(47)45-30-37(18-25-49(45)51)42-28-33(4)41(27-34(42)5)36-17-24-48-44(29-36)40-10-7-8-11-46(40)50(48)38-19-12-31(2)13-20-38/h7-8,10-30H,1-5H3. The van der Waals surface area contributed by atoms with E-state index >= 15 is 0 Å². The number of nitrogens with zero attached hydrogens (tertiary/aromatic N) is 2. The molecule has 51 heavy (non-hydrogen) atoms. The Bertz CT molecular complexity index is 2880. The van der Waals surface area contributed by atoms with E-state index in [0.717, 1.165) is 11.3 Å². The number of fused-ring (bicyclic) bond motifs is 6. The molecule has 0 atom stereocenters. The number of hydrogen-bond acceptors (Lipinski definition) is 0. The Morgan fingerprint density at radius 1 is 0.412 bits per heavy atom. The zero-order chi connectivity index (χ0) is 34.8. The molecule has 0 N–H and O–H groups in total. The highest BCUT2D eigenvalue weighted by molar-refractivity contribution is 6.12. The summed E-state index contributed by atoms with van der Waals surface area (Å²) in [6.45, 7) is 10.7. The molecule has 2 heteroatoms. The Balaban J connectivity index is 1.16. The van der Waals surface area contributed by atoms with Crippen LogP contribution in [0.2, 0.25) is 0 Å². The molecule has 2 heterocycles. The van der Waals surface area contributed by atoms with Crippen LogP contribution in [-0.4, -0.2) is 9.13 Å². The zero-order valence-corrected chi connectivity index (χ0v) is 29.7. The van der Waals surface area contributed by atoms with Crippen molar-refractivity contribution in [3.8, 4) is 45.5 Å². The van der Waals surface area contributed by atoms with Crippen molar-refractivity contribution < 1.29 is 0 Å². The molecule has 0 aliphatic carbocycles. The number of aromatic nitrogens is 2. The van der Waals surface area contributed by atoms with Gasteiger partial charge in [0.15, 0.2) is 0 Å². The van der Waals surface area contributed by atoms with E-state index in [1.54, 1.807) is 0 Å². The Morgan fingerprint density at radius 3 is 1.47 bits per heavy atom. The third-order valence-electron chi connectivity index (χ3n) is 10.5. The molecular formula is C49H38N2. The van der Waals surface area contributed by atoms with Crippen molar-refractivity contribution >= 4 is 43.6 Å². The largest absolute Gasteiger partial charge is 0.309 e. The fraction of sp³-hybridized carbons (Fsp3) is 0.102. The van der Waals surface area contributed by atoms with Crippen LogP contribution in [0.3, 0.4) is 0 Å². The summed E-state index contributed by atoms with van der Waals surface area (Å²) in [6.07, 6.45) is 0. The molecule has 9 rings (SSSR count). The van der Waals surface area contributed by atoms with Crippen LogP contribution in [0.15, 0.2) is 140 Å². The van der Waals surface area contributed by atoms with Gasteiger partial charge in [-0.15, -0.1) is 5.92 Å². The Kier molecular flexibility index (Phi) is 7.19. The van der Waals surface area contributed by atoms with Gasteiger partial charge in [-0.3, -0.25) is 0 Å². The van der Waals surface area contributed by atoms with Crippen molar-refractivity contribution in [2.24, 2.45) is 0 Å². The molecule has 0 saturated heterocycles. The molecule has 0 spiro atoms. The molecule has 0 amide bonds. The number of aryl methyl sites for hydroxylation is 4. The maximum atomic E-state index is 3.17. The molecule has 9 aromatic rings. The van der Waals surface area contributed by atoms with Crippen LogP contribution in [0, 0.1) is 39.5 Å². The van der Waals surface area contributed by atoms with E-state index in [1.165, 1.54) is 93.8 Å². The third-order valence-corrected chi connectivity index (χ3v) is 10.5. The number of para-hydroxylation sites is 1. The zero-order valence-electron chi connectivity index (χ0n) is 29.7. The maximum Gasteiger partial charge on any atom is 0.0541 e. The predicted octanol–water partition coefficient (Wildman–Crippen LogP) is 12.8. The minimum absolute atomic E-state index is 1.03. The van der Waals surface area contributed by atoms with Crippen LogP contribution in [0.1, 0.15) is 34.7 Å². The van der Waals surface area contributed by atoms with E-state index < -0.39 is 0 Å². The summed E-state index contributed by atoms with van der Waals surface area (Å²) in [6, 6.07) is 51.6. The molecule has 0 fully saturated rings. The van der Waals surface area contributed by atoms with Gasteiger partial charge in [0.05, 0.1) is 22.1 Å². The first kappa shape index (κ1) is 30.7. The molecule has 0 bridgehead atoms. The molecule has 7 aromatic carbocycles. The Labute approximate surface area is 299 Å². The first-order valence-electron chi connectivity index (χ1n) is 17.7. The average molecular weight is 655 g/mol. The maximum absolute atomic E-state index is 3.17. The number of hydrogen-bond donors (Lipinski definition) is 0. The smallest absolute Gasteiger partial charge is 0.0541 e. The predicted molar refractivity (Wildman–Crippen MR) is 217 cm³/mol. The van der Waals surface area contributed by atoms with E-state index in [4.69, 9.17) is 0 Å². The van der Waals surface area contributed by atoms with Gasteiger partial charge in [-0.05, 0) is 147 Å². The van der Waals surface area contributed by atoms with Gasteiger partial charge in [0.2, 0.25) is 0 Å². The second-order valence-electron chi connectivity index (χ2n) is 13.9. The van der Waals surface area contributed by atoms with Gasteiger partial charge in [-0.2, -0.15) is 0 Å². The molecule has 0 saturated carbocycles. The van der Waals surface area contributed by atoms with Crippen molar-refractivity contribution in [2.45, 2.75) is 34.6 Å². The van der Waals surface area contributed by atoms with Crippen LogP contribution in [0.25, 0.3) is 77.2 Å². The quantitative estimate of drug-likeness (QED) is 0.167. The van der Waals surface area contributed by atoms with E-state index in [9.17, 15) is 0 Å². The minimum Gasteiger partial charge on any atom is -0.309 e. The van der Waals surface area contributed by atoms with Crippen molar-refractivity contribution in [3.63, 3.8) is 0 Å². The first-order valence-corrected chi connectivity index (χ1v) is 17.7. The lowest BCUT2D eigenvalue weighted by molar-refractivity contribution is 1.17. The lowest BCUT2D eigenvalue weighted by Gasteiger charge is -2.14. The summed E-state index contributed by atoms with van der Waals surface area (Å²) in [4.78, 5) is 0. The fourth-order valence-corrected chi connectivity index (χ4v) is 7.97. The molecular weight excluding hydrogens is 617 g/mol. The molecule has 244 valence electrons. The topological polar surface area (TPSA) is 9.86 Å². The molecule has 0 radical (unpaired) electrons. The molecule has 0 aliphatic rings. The summed E-state index contributed by atoms with van der Waals surface area (Å²) in [7, 11) is 0. The van der Waals surface area contributed by atoms with Gasteiger partial charge in [0.1, 0.15) is 0 Å². The lowest BCUT2D eigenvalue weighted by Crippen LogP contribution is -1.94. The first-order chi connectivity index (χ1) is 24.9. The van der Waals surface area contributed by atoms with Crippen LogP contribution < -0.4 is 0 Å². The van der Waals surface area contributed by atoms with E-state index in [-0.39, 0.29) is 0 Å². The Hall–Kier alpha value is -6.30. The van der Waals surface area contributed by atoms with Crippen molar-refractivity contribution in [3.05, 3.63) is 167 Å². The summed E-state index contributed by atoms with van der Waals surface area (Å²) in [5.74, 6) is 6.18. The summed E-state index contributed by atoms with van der Waals surface area (Å²) in [5.41, 5.74) is 18.3. The fourth-order valence-electron chi connectivity index (χ4n) is 7.97. The number of benzene rings is 7. The van der Waals surface area contributed by atoms with Gasteiger partial charge >= 0.3 is 0 Å². The molecule has 0 unspecified atom stereocenters. The van der Waals surface area contributed by atoms with Crippen LogP contribution >= 0.6 is 0 Å². The monoisotopic (exact) mass is 654 g/mol. The molecule has 0 aliphatic heterocycles. The minimum atomic E-state index is 1.03. The summed E-state index contributed by atoms with van der Waals surface area (Å²) >= 11 is 0. The molecule has 2 nitrogen and oxygen atoms in total. The van der Waals surface area contributed by atoms with Gasteiger partial charge in [0.25, 0.3) is 0 Å². The normalized spacial score (nSPS) is 11.5. The average Bonchev–Trinajstić information content (AvgIpc) is 3.65. The van der Waals surface area contributed by atoms with E-state index in [1.807, 2.05) is 6.92 Å². The summed E-state index contributed by atoms with van der Waals surface area (Å²) in [5, 5.41) is 5.08. The highest BCUT2D eigenvalue weighted by atomic mass is 15.0. The lowest BCUT2D eigenvalue weighted by atomic mass is 9.91. The second-order valence-corrected chi connectivity index (χ2v) is 13.9. The van der Waals surface area contributed by atoms with Gasteiger partial charge in [-0.25, -0.2) is 0 Å². The highest BCUT2D eigenvalue weighted by Gasteiger charge is 2.17. The SMILES string of the molecule is CC#Cc1ccc(-n2c3ccc(C)cc3c3cc(-c4cc(C)c(-c5ccc6c(c5)c5ccccc5n6-c5ccc(C)cc5)cc4C)ccc32)cc1. The van der Waals surface area contributed by atoms with E-state index in [0.29, 0.717) is 0 Å². The number of rotatable bonds is 4. The second kappa shape index (κ2) is 11.9. The van der Waals surface area contributed by atoms with Gasteiger partial charge < -0.3 is 9.13 Å².